The summed E-state index contributed by atoms with van der Waals surface area (Å²) in [5.74, 6) is -1.36. The number of esters is 1. The molecular weight excluding hydrogens is 331 g/mol. The molecule has 1 aliphatic rings. The minimum atomic E-state index is -0.529. The Balaban J connectivity index is 1.90. The van der Waals surface area contributed by atoms with Gasteiger partial charge >= 0.3 is 5.97 Å². The number of aromatic nitrogens is 1. The Hall–Kier alpha value is -2.28. The van der Waals surface area contributed by atoms with E-state index in [-0.39, 0.29) is 23.2 Å². The highest BCUT2D eigenvalue weighted by Crippen LogP contribution is 2.36. The van der Waals surface area contributed by atoms with Crippen LogP contribution in [0, 0.1) is 12.7 Å². The van der Waals surface area contributed by atoms with Crippen LogP contribution in [0.15, 0.2) is 24.3 Å². The molecule has 0 spiro atoms. The van der Waals surface area contributed by atoms with Crippen molar-refractivity contribution >= 4 is 23.2 Å². The van der Waals surface area contributed by atoms with Crippen molar-refractivity contribution in [2.24, 2.45) is 0 Å². The van der Waals surface area contributed by atoms with E-state index in [9.17, 15) is 14.0 Å². The molecule has 0 bridgehead atoms. The van der Waals surface area contributed by atoms with Gasteiger partial charge in [-0.3, -0.25) is 4.79 Å². The first kappa shape index (κ1) is 16.6. The number of methoxy groups -OCH3 is 1. The number of likely N-dealkylation sites (tertiary alicyclic amines) is 1. The molecule has 1 unspecified atom stereocenters. The molecule has 5 nitrogen and oxygen atoms in total. The molecule has 24 heavy (non-hydrogen) atoms. The second-order valence-electron chi connectivity index (χ2n) is 5.58. The summed E-state index contributed by atoms with van der Waals surface area (Å²) in [6, 6.07) is 5.73. The standard InChI is InChI=1S/C17H17FN2O3S/c1-10-14(17(22)23-2)19-15(24-10)13-8-5-9-20(13)16(21)11-6-3-4-7-12(11)18/h3-4,6-7,13H,5,8-9H2,1-2H3. The van der Waals surface area contributed by atoms with Crippen LogP contribution < -0.4 is 0 Å². The van der Waals surface area contributed by atoms with E-state index in [1.54, 1.807) is 24.0 Å². The third kappa shape index (κ3) is 2.91. The smallest absolute Gasteiger partial charge is 0.357 e. The molecule has 1 aromatic carbocycles. The van der Waals surface area contributed by atoms with Gasteiger partial charge < -0.3 is 9.64 Å². The lowest BCUT2D eigenvalue weighted by molar-refractivity contribution is 0.0593. The molecule has 126 valence electrons. The molecule has 2 heterocycles. The van der Waals surface area contributed by atoms with Crippen molar-refractivity contribution in [2.75, 3.05) is 13.7 Å². The Bertz CT molecular complexity index is 790. The number of hydrogen-bond acceptors (Lipinski definition) is 5. The van der Waals surface area contributed by atoms with Gasteiger partial charge in [-0.1, -0.05) is 12.1 Å². The molecule has 0 aliphatic carbocycles. The summed E-state index contributed by atoms with van der Waals surface area (Å²) in [6.45, 7) is 2.34. The Kier molecular flexibility index (Phi) is 4.62. The lowest BCUT2D eigenvalue weighted by Gasteiger charge is -2.23. The summed E-state index contributed by atoms with van der Waals surface area (Å²) >= 11 is 1.38. The summed E-state index contributed by atoms with van der Waals surface area (Å²) in [7, 11) is 1.31. The maximum atomic E-state index is 13.9. The lowest BCUT2D eigenvalue weighted by Crippen LogP contribution is -2.31. The average Bonchev–Trinajstić information content (AvgIpc) is 3.20. The van der Waals surface area contributed by atoms with Crippen molar-refractivity contribution in [3.63, 3.8) is 0 Å². The molecule has 0 N–H and O–H groups in total. The molecule has 3 rings (SSSR count). The highest BCUT2D eigenvalue weighted by Gasteiger charge is 2.34. The third-order valence-corrected chi connectivity index (χ3v) is 5.17. The minimum Gasteiger partial charge on any atom is -0.464 e. The molecule has 1 amide bonds. The number of ether oxygens (including phenoxy) is 1. The van der Waals surface area contributed by atoms with Gasteiger partial charge in [0.05, 0.1) is 18.7 Å². The van der Waals surface area contributed by atoms with Gasteiger partial charge in [-0.05, 0) is 31.9 Å². The van der Waals surface area contributed by atoms with E-state index in [1.807, 2.05) is 0 Å². The number of aryl methyl sites for hydroxylation is 1. The van der Waals surface area contributed by atoms with Gasteiger partial charge in [0, 0.05) is 11.4 Å². The zero-order valence-corrected chi connectivity index (χ0v) is 14.2. The van der Waals surface area contributed by atoms with E-state index in [0.29, 0.717) is 11.6 Å². The third-order valence-electron chi connectivity index (χ3n) is 4.09. The largest absolute Gasteiger partial charge is 0.464 e. The number of amides is 1. The number of halogens is 1. The molecule has 0 saturated carbocycles. The number of rotatable bonds is 3. The van der Waals surface area contributed by atoms with Crippen LogP contribution in [-0.4, -0.2) is 35.4 Å². The Morgan fingerprint density at radius 3 is 2.83 bits per heavy atom. The normalized spacial score (nSPS) is 17.1. The molecule has 1 fully saturated rings. The number of carbonyl (C=O) groups is 2. The Morgan fingerprint density at radius 2 is 2.12 bits per heavy atom. The van der Waals surface area contributed by atoms with Gasteiger partial charge in [-0.15, -0.1) is 11.3 Å². The number of benzene rings is 1. The second-order valence-corrected chi connectivity index (χ2v) is 6.82. The number of nitrogens with zero attached hydrogens (tertiary/aromatic N) is 2. The van der Waals surface area contributed by atoms with Crippen LogP contribution in [-0.2, 0) is 4.74 Å². The van der Waals surface area contributed by atoms with Crippen molar-refractivity contribution in [2.45, 2.75) is 25.8 Å². The van der Waals surface area contributed by atoms with Crippen LogP contribution >= 0.6 is 11.3 Å². The van der Waals surface area contributed by atoms with E-state index < -0.39 is 11.8 Å². The molecule has 1 atom stereocenters. The van der Waals surface area contributed by atoms with Gasteiger partial charge in [0.2, 0.25) is 0 Å². The van der Waals surface area contributed by atoms with Crippen LogP contribution in [0.4, 0.5) is 4.39 Å². The zero-order chi connectivity index (χ0) is 17.3. The van der Waals surface area contributed by atoms with Crippen molar-refractivity contribution in [1.82, 2.24) is 9.88 Å². The van der Waals surface area contributed by atoms with E-state index in [2.05, 4.69) is 4.98 Å². The summed E-state index contributed by atoms with van der Waals surface area (Å²) in [6.07, 6.45) is 1.56. The van der Waals surface area contributed by atoms with Crippen molar-refractivity contribution in [3.8, 4) is 0 Å². The van der Waals surface area contributed by atoms with Gasteiger partial charge in [0.1, 0.15) is 10.8 Å². The van der Waals surface area contributed by atoms with E-state index >= 15 is 0 Å². The molecule has 1 saturated heterocycles. The SMILES string of the molecule is COC(=O)c1nc(C2CCCN2C(=O)c2ccccc2F)sc1C. The average molecular weight is 348 g/mol. The van der Waals surface area contributed by atoms with Gasteiger partial charge in [-0.2, -0.15) is 0 Å². The predicted molar refractivity (Wildman–Crippen MR) is 87.6 cm³/mol. The molecule has 7 heteroatoms. The maximum absolute atomic E-state index is 13.9. The topological polar surface area (TPSA) is 59.5 Å². The molecular formula is C17H17FN2O3S. The summed E-state index contributed by atoms with van der Waals surface area (Å²) in [5, 5.41) is 0.690. The summed E-state index contributed by atoms with van der Waals surface area (Å²) in [5.41, 5.74) is 0.341. The van der Waals surface area contributed by atoms with Crippen LogP contribution in [0.5, 0.6) is 0 Å². The number of thiazole rings is 1. The minimum absolute atomic E-state index is 0.0610. The van der Waals surface area contributed by atoms with Gasteiger partial charge in [-0.25, -0.2) is 14.2 Å². The van der Waals surface area contributed by atoms with E-state index in [1.165, 1.54) is 30.6 Å². The highest BCUT2D eigenvalue weighted by atomic mass is 32.1. The highest BCUT2D eigenvalue weighted by molar-refractivity contribution is 7.12. The lowest BCUT2D eigenvalue weighted by atomic mass is 10.1. The Morgan fingerprint density at radius 1 is 1.38 bits per heavy atom. The fourth-order valence-corrected chi connectivity index (χ4v) is 3.96. The first-order valence-corrected chi connectivity index (χ1v) is 8.45. The van der Waals surface area contributed by atoms with Gasteiger partial charge in [0.15, 0.2) is 5.69 Å². The first-order chi connectivity index (χ1) is 11.5. The molecule has 2 aromatic rings. The Labute approximate surface area is 143 Å². The van der Waals surface area contributed by atoms with Crippen molar-refractivity contribution in [1.29, 1.82) is 0 Å². The molecule has 1 aromatic heterocycles. The zero-order valence-electron chi connectivity index (χ0n) is 13.4. The fraction of sp³-hybridized carbons (Fsp3) is 0.353. The molecule has 0 radical (unpaired) electrons. The monoisotopic (exact) mass is 348 g/mol. The van der Waals surface area contributed by atoms with Crippen LogP contribution in [0.2, 0.25) is 0 Å². The van der Waals surface area contributed by atoms with Crippen LogP contribution in [0.3, 0.4) is 0 Å². The van der Waals surface area contributed by atoms with E-state index in [0.717, 1.165) is 17.7 Å². The maximum Gasteiger partial charge on any atom is 0.357 e. The van der Waals surface area contributed by atoms with Crippen LogP contribution in [0.1, 0.15) is 49.6 Å². The second kappa shape index (κ2) is 6.68. The van der Waals surface area contributed by atoms with E-state index in [4.69, 9.17) is 4.74 Å². The predicted octanol–water partition coefficient (Wildman–Crippen LogP) is 3.35. The summed E-state index contributed by atoms with van der Waals surface area (Å²) in [4.78, 5) is 31.2. The van der Waals surface area contributed by atoms with Crippen molar-refractivity contribution in [3.05, 3.63) is 51.2 Å². The fourth-order valence-electron chi connectivity index (χ4n) is 2.90. The quantitative estimate of drug-likeness (QED) is 0.798. The number of carbonyl (C=O) groups excluding carboxylic acids is 2. The van der Waals surface area contributed by atoms with Crippen LogP contribution in [0.25, 0.3) is 0 Å². The van der Waals surface area contributed by atoms with Crippen molar-refractivity contribution < 1.29 is 18.7 Å². The first-order valence-electron chi connectivity index (χ1n) is 7.64. The molecule has 1 aliphatic heterocycles. The van der Waals surface area contributed by atoms with Gasteiger partial charge in [0.25, 0.3) is 5.91 Å². The number of hydrogen-bond donors (Lipinski definition) is 0. The summed E-state index contributed by atoms with van der Waals surface area (Å²) < 4.78 is 18.6.